The lowest BCUT2D eigenvalue weighted by atomic mass is 9.86. The molecule has 1 fully saturated rings. The van der Waals surface area contributed by atoms with E-state index in [0.717, 1.165) is 6.42 Å². The van der Waals surface area contributed by atoms with Crippen LogP contribution in [0.25, 0.3) is 0 Å². The largest absolute Gasteiger partial charge is 0.377 e. The summed E-state index contributed by atoms with van der Waals surface area (Å²) in [5.74, 6) is 0. The van der Waals surface area contributed by atoms with Crippen molar-refractivity contribution in [3.63, 3.8) is 0 Å². The molecular formula is C12H16N2O3. The van der Waals surface area contributed by atoms with Crippen LogP contribution in [0.5, 0.6) is 0 Å². The molecule has 0 radical (unpaired) electrons. The normalized spacial score (nSPS) is 28.2. The Hall–Kier alpha value is -1.46. The smallest absolute Gasteiger partial charge is 0.272 e. The van der Waals surface area contributed by atoms with Crippen LogP contribution in [0.15, 0.2) is 24.3 Å². The highest BCUT2D eigenvalue weighted by Gasteiger charge is 2.39. The molecule has 5 heteroatoms. The van der Waals surface area contributed by atoms with E-state index in [9.17, 15) is 10.1 Å². The number of nitro groups is 1. The van der Waals surface area contributed by atoms with E-state index in [1.165, 1.54) is 6.07 Å². The highest BCUT2D eigenvalue weighted by atomic mass is 16.6. The van der Waals surface area contributed by atoms with E-state index in [0.29, 0.717) is 18.6 Å². The first kappa shape index (κ1) is 12.0. The van der Waals surface area contributed by atoms with Crippen LogP contribution < -0.4 is 5.73 Å². The summed E-state index contributed by atoms with van der Waals surface area (Å²) in [4.78, 5) is 10.6. The van der Waals surface area contributed by atoms with Gasteiger partial charge in [0, 0.05) is 23.8 Å². The summed E-state index contributed by atoms with van der Waals surface area (Å²) < 4.78 is 5.45. The van der Waals surface area contributed by atoms with Crippen LogP contribution >= 0.6 is 0 Å². The number of benzene rings is 1. The number of hydrogen-bond acceptors (Lipinski definition) is 4. The second kappa shape index (κ2) is 4.43. The zero-order chi connectivity index (χ0) is 12.5. The lowest BCUT2D eigenvalue weighted by molar-refractivity contribution is -0.385. The fraction of sp³-hybridized carbons (Fsp3) is 0.500. The Kier molecular flexibility index (Phi) is 3.13. The molecule has 1 saturated heterocycles. The number of hydrogen-bond donors (Lipinski definition) is 1. The van der Waals surface area contributed by atoms with Crippen molar-refractivity contribution in [2.75, 3.05) is 6.61 Å². The molecule has 0 aliphatic carbocycles. The number of nitrogens with two attached hydrogens (primary N) is 1. The minimum atomic E-state index is -0.494. The molecule has 0 bridgehead atoms. The molecule has 0 amide bonds. The predicted molar refractivity (Wildman–Crippen MR) is 63.7 cm³/mol. The van der Waals surface area contributed by atoms with Crippen molar-refractivity contribution >= 4 is 5.69 Å². The zero-order valence-corrected chi connectivity index (χ0v) is 9.76. The second-order valence-electron chi connectivity index (χ2n) is 4.56. The molecule has 0 aromatic heterocycles. The Bertz CT molecular complexity index is 436. The summed E-state index contributed by atoms with van der Waals surface area (Å²) in [5, 5.41) is 10.9. The monoisotopic (exact) mass is 236 g/mol. The van der Waals surface area contributed by atoms with Crippen LogP contribution in [-0.2, 0) is 11.2 Å². The Labute approximate surface area is 99.7 Å². The highest BCUT2D eigenvalue weighted by molar-refractivity contribution is 5.41. The molecule has 92 valence electrons. The maximum absolute atomic E-state index is 10.9. The van der Waals surface area contributed by atoms with E-state index >= 15 is 0 Å². The molecule has 17 heavy (non-hydrogen) atoms. The third kappa shape index (κ3) is 2.30. The summed E-state index contributed by atoms with van der Waals surface area (Å²) in [6, 6.07) is 6.74. The quantitative estimate of drug-likeness (QED) is 0.639. The van der Waals surface area contributed by atoms with E-state index in [1.807, 2.05) is 6.92 Å². The second-order valence-corrected chi connectivity index (χ2v) is 4.56. The lowest BCUT2D eigenvalue weighted by Crippen LogP contribution is -2.48. The van der Waals surface area contributed by atoms with Gasteiger partial charge in [-0.15, -0.1) is 0 Å². The maximum Gasteiger partial charge on any atom is 0.272 e. The molecule has 2 N–H and O–H groups in total. The van der Waals surface area contributed by atoms with Gasteiger partial charge in [0.25, 0.3) is 5.69 Å². The van der Waals surface area contributed by atoms with Gasteiger partial charge >= 0.3 is 0 Å². The molecule has 2 atom stereocenters. The maximum atomic E-state index is 10.9. The van der Waals surface area contributed by atoms with Crippen LogP contribution in [0, 0.1) is 10.1 Å². The third-order valence-electron chi connectivity index (χ3n) is 3.45. The van der Waals surface area contributed by atoms with Crippen molar-refractivity contribution in [3.8, 4) is 0 Å². The molecule has 1 aliphatic rings. The number of nitro benzene ring substituents is 1. The summed E-state index contributed by atoms with van der Waals surface area (Å²) in [7, 11) is 0. The van der Waals surface area contributed by atoms with Crippen molar-refractivity contribution in [3.05, 3.63) is 39.9 Å². The van der Waals surface area contributed by atoms with Crippen LogP contribution in [0.1, 0.15) is 18.9 Å². The summed E-state index contributed by atoms with van der Waals surface area (Å²) in [6.45, 7) is 2.54. The minimum absolute atomic E-state index is 0.0673. The standard InChI is InChI=1S/C12H16N2O3/c1-9-12(13,6-7-17-9)8-10-4-2-3-5-11(10)14(15)16/h2-5,9H,6-8,13H2,1H3. The van der Waals surface area contributed by atoms with Gasteiger partial charge in [0.2, 0.25) is 0 Å². The van der Waals surface area contributed by atoms with Gasteiger partial charge in [0.05, 0.1) is 11.0 Å². The first-order valence-electron chi connectivity index (χ1n) is 5.66. The fourth-order valence-corrected chi connectivity index (χ4v) is 2.22. The van der Waals surface area contributed by atoms with Crippen LogP contribution in [0.2, 0.25) is 0 Å². The van der Waals surface area contributed by atoms with E-state index in [2.05, 4.69) is 0 Å². The first-order valence-corrected chi connectivity index (χ1v) is 5.66. The van der Waals surface area contributed by atoms with Crippen molar-refractivity contribution in [2.24, 2.45) is 5.73 Å². The zero-order valence-electron chi connectivity index (χ0n) is 9.76. The Morgan fingerprint density at radius 3 is 2.88 bits per heavy atom. The topological polar surface area (TPSA) is 78.4 Å². The van der Waals surface area contributed by atoms with E-state index < -0.39 is 5.54 Å². The molecule has 5 nitrogen and oxygen atoms in total. The first-order chi connectivity index (χ1) is 8.03. The summed E-state index contributed by atoms with van der Waals surface area (Å²) in [6.07, 6.45) is 1.15. The SMILES string of the molecule is CC1OCCC1(N)Cc1ccccc1[N+](=O)[O-]. The van der Waals surface area contributed by atoms with Gasteiger partial charge in [-0.2, -0.15) is 0 Å². The van der Waals surface area contributed by atoms with Crippen molar-refractivity contribution in [1.82, 2.24) is 0 Å². The van der Waals surface area contributed by atoms with E-state index in [4.69, 9.17) is 10.5 Å². The van der Waals surface area contributed by atoms with Crippen LogP contribution in [0.4, 0.5) is 5.69 Å². The minimum Gasteiger partial charge on any atom is -0.377 e. The van der Waals surface area contributed by atoms with Gasteiger partial charge in [-0.25, -0.2) is 0 Å². The molecular weight excluding hydrogens is 220 g/mol. The van der Waals surface area contributed by atoms with Crippen LogP contribution in [-0.4, -0.2) is 23.2 Å². The Morgan fingerprint density at radius 2 is 2.29 bits per heavy atom. The molecule has 1 heterocycles. The van der Waals surface area contributed by atoms with Gasteiger partial charge in [-0.05, 0) is 19.8 Å². The molecule has 1 aliphatic heterocycles. The molecule has 0 spiro atoms. The highest BCUT2D eigenvalue weighted by Crippen LogP contribution is 2.30. The molecule has 1 aromatic rings. The van der Waals surface area contributed by atoms with Gasteiger partial charge in [0.15, 0.2) is 0 Å². The fourth-order valence-electron chi connectivity index (χ4n) is 2.22. The summed E-state index contributed by atoms with van der Waals surface area (Å²) in [5.41, 5.74) is 6.58. The number of para-hydroxylation sites is 1. The molecule has 2 rings (SSSR count). The summed E-state index contributed by atoms with van der Waals surface area (Å²) >= 11 is 0. The number of rotatable bonds is 3. The Morgan fingerprint density at radius 1 is 1.59 bits per heavy atom. The number of ether oxygens (including phenoxy) is 1. The van der Waals surface area contributed by atoms with Gasteiger partial charge in [0.1, 0.15) is 0 Å². The van der Waals surface area contributed by atoms with Gasteiger partial charge in [-0.1, -0.05) is 18.2 Å². The van der Waals surface area contributed by atoms with Gasteiger partial charge in [-0.3, -0.25) is 10.1 Å². The molecule has 2 unspecified atom stereocenters. The van der Waals surface area contributed by atoms with Crippen molar-refractivity contribution in [1.29, 1.82) is 0 Å². The van der Waals surface area contributed by atoms with E-state index in [-0.39, 0.29) is 16.7 Å². The lowest BCUT2D eigenvalue weighted by Gasteiger charge is -2.27. The molecule has 1 aromatic carbocycles. The molecule has 0 saturated carbocycles. The Balaban J connectivity index is 2.27. The van der Waals surface area contributed by atoms with Crippen LogP contribution in [0.3, 0.4) is 0 Å². The van der Waals surface area contributed by atoms with Crippen molar-refractivity contribution < 1.29 is 9.66 Å². The van der Waals surface area contributed by atoms with Gasteiger partial charge < -0.3 is 10.5 Å². The number of nitrogens with zero attached hydrogens (tertiary/aromatic N) is 1. The predicted octanol–water partition coefficient (Wildman–Crippen LogP) is 1.64. The van der Waals surface area contributed by atoms with E-state index in [1.54, 1.807) is 18.2 Å². The average molecular weight is 236 g/mol. The third-order valence-corrected chi connectivity index (χ3v) is 3.45. The average Bonchev–Trinajstić information content (AvgIpc) is 2.59. The van der Waals surface area contributed by atoms with Crippen molar-refractivity contribution in [2.45, 2.75) is 31.4 Å².